The van der Waals surface area contributed by atoms with Crippen LogP contribution < -0.4 is 16.4 Å². The minimum atomic E-state index is -0.579. The fourth-order valence-electron chi connectivity index (χ4n) is 4.18. The summed E-state index contributed by atoms with van der Waals surface area (Å²) in [6, 6.07) is 14.9. The highest BCUT2D eigenvalue weighted by Crippen LogP contribution is 2.25. The van der Waals surface area contributed by atoms with Crippen molar-refractivity contribution in [1.29, 1.82) is 5.26 Å². The fourth-order valence-corrected chi connectivity index (χ4v) is 4.18. The van der Waals surface area contributed by atoms with Crippen LogP contribution in [0.3, 0.4) is 0 Å². The molecule has 1 aliphatic rings. The first-order chi connectivity index (χ1) is 16.1. The molecule has 33 heavy (non-hydrogen) atoms. The first kappa shape index (κ1) is 22.8. The fraction of sp³-hybridized carbons (Fsp3) is 0.400. The quantitative estimate of drug-likeness (QED) is 0.548. The van der Waals surface area contributed by atoms with Gasteiger partial charge in [0, 0.05) is 13.5 Å². The highest BCUT2D eigenvalue weighted by molar-refractivity contribution is 5.82. The Morgan fingerprint density at radius 3 is 2.76 bits per heavy atom. The Bertz CT molecular complexity index is 1200. The lowest BCUT2D eigenvalue weighted by molar-refractivity contribution is -0.124. The van der Waals surface area contributed by atoms with Crippen molar-refractivity contribution >= 4 is 17.0 Å². The second-order valence-corrected chi connectivity index (χ2v) is 8.29. The van der Waals surface area contributed by atoms with Gasteiger partial charge in [-0.25, -0.2) is 4.79 Å². The Balaban J connectivity index is 1.46. The van der Waals surface area contributed by atoms with Crippen LogP contribution in [0.15, 0.2) is 51.7 Å². The van der Waals surface area contributed by atoms with Crippen LogP contribution in [0.1, 0.15) is 24.8 Å². The Morgan fingerprint density at radius 1 is 1.27 bits per heavy atom. The Kier molecular flexibility index (Phi) is 7.23. The van der Waals surface area contributed by atoms with Gasteiger partial charge in [-0.2, -0.15) is 5.26 Å². The third-order valence-corrected chi connectivity index (χ3v) is 6.01. The molecule has 1 aromatic heterocycles. The van der Waals surface area contributed by atoms with E-state index in [2.05, 4.69) is 16.7 Å². The van der Waals surface area contributed by atoms with Crippen molar-refractivity contribution in [3.63, 3.8) is 0 Å². The topological polar surface area (TPSA) is 109 Å². The summed E-state index contributed by atoms with van der Waals surface area (Å²) in [5.41, 5.74) is 4.16. The molecule has 0 saturated carbocycles. The highest BCUT2D eigenvalue weighted by Gasteiger charge is 2.23. The lowest BCUT2D eigenvalue weighted by Gasteiger charge is -2.23. The molecule has 0 spiro atoms. The van der Waals surface area contributed by atoms with E-state index in [4.69, 9.17) is 9.15 Å². The number of nitrogens with zero attached hydrogens (tertiary/aromatic N) is 2. The molecule has 0 radical (unpaired) electrons. The molecule has 2 aromatic carbocycles. The summed E-state index contributed by atoms with van der Waals surface area (Å²) < 4.78 is 12.0. The van der Waals surface area contributed by atoms with Crippen LogP contribution in [0, 0.1) is 11.3 Å². The molecule has 1 aliphatic heterocycles. The van der Waals surface area contributed by atoms with Crippen LogP contribution in [0.4, 0.5) is 0 Å². The van der Waals surface area contributed by atoms with Crippen LogP contribution in [-0.4, -0.2) is 42.8 Å². The summed E-state index contributed by atoms with van der Waals surface area (Å²) >= 11 is 0. The van der Waals surface area contributed by atoms with E-state index in [9.17, 15) is 14.9 Å². The normalized spacial score (nSPS) is 16.9. The average molecular weight is 449 g/mol. The first-order valence-corrected chi connectivity index (χ1v) is 11.2. The number of ether oxygens (including phenoxy) is 1. The number of piperidine rings is 1. The third kappa shape index (κ3) is 5.33. The first-order valence-electron chi connectivity index (χ1n) is 11.2. The van der Waals surface area contributed by atoms with Gasteiger partial charge < -0.3 is 19.8 Å². The summed E-state index contributed by atoms with van der Waals surface area (Å²) in [6.45, 7) is 1.67. The summed E-state index contributed by atoms with van der Waals surface area (Å²) in [5.74, 6) is -0.506. The molecule has 8 heteroatoms. The predicted octanol–water partition coefficient (Wildman–Crippen LogP) is 2.60. The van der Waals surface area contributed by atoms with Crippen molar-refractivity contribution in [2.45, 2.75) is 44.3 Å². The van der Waals surface area contributed by atoms with Crippen molar-refractivity contribution < 1.29 is 13.9 Å². The van der Waals surface area contributed by atoms with Gasteiger partial charge in [-0.1, -0.05) is 36.8 Å². The number of carbonyl (C=O) groups is 1. The number of nitriles is 1. The number of methoxy groups -OCH3 is 1. The number of nitrogens with one attached hydrogen (secondary N) is 2. The lowest BCUT2D eigenvalue weighted by Crippen LogP contribution is -2.49. The number of benzene rings is 2. The van der Waals surface area contributed by atoms with Crippen molar-refractivity contribution in [2.24, 2.45) is 0 Å². The van der Waals surface area contributed by atoms with Gasteiger partial charge in [0.15, 0.2) is 5.58 Å². The smallest absolute Gasteiger partial charge is 0.408 e. The zero-order valence-electron chi connectivity index (χ0n) is 18.7. The molecule has 1 saturated heterocycles. The Hall–Kier alpha value is -3.41. The maximum absolute atomic E-state index is 12.4. The summed E-state index contributed by atoms with van der Waals surface area (Å²) in [5, 5.41) is 15.6. The van der Waals surface area contributed by atoms with Crippen LogP contribution in [-0.2, 0) is 22.5 Å². The summed E-state index contributed by atoms with van der Waals surface area (Å²) in [7, 11) is 1.59. The minimum absolute atomic E-state index is 0.106. The zero-order valence-corrected chi connectivity index (χ0v) is 18.7. The van der Waals surface area contributed by atoms with E-state index in [1.807, 2.05) is 36.4 Å². The van der Waals surface area contributed by atoms with Crippen molar-refractivity contribution in [3.8, 4) is 17.2 Å². The number of oxazole rings is 1. The average Bonchev–Trinajstić information content (AvgIpc) is 3.17. The highest BCUT2D eigenvalue weighted by atomic mass is 16.5. The molecule has 2 atom stereocenters. The number of carbonyl (C=O) groups excluding carboxylic acids is 1. The molecular formula is C25H28N4O4. The number of aromatic nitrogens is 1. The second-order valence-electron chi connectivity index (χ2n) is 8.29. The van der Waals surface area contributed by atoms with Gasteiger partial charge in [-0.15, -0.1) is 0 Å². The largest absolute Gasteiger partial charge is 0.420 e. The number of fused-ring (bicyclic) bond motifs is 1. The molecular weight excluding hydrogens is 420 g/mol. The lowest BCUT2D eigenvalue weighted by atomic mass is 10.00. The molecule has 4 rings (SSSR count). The van der Waals surface area contributed by atoms with E-state index in [1.165, 1.54) is 0 Å². The van der Waals surface area contributed by atoms with E-state index in [0.717, 1.165) is 48.0 Å². The third-order valence-electron chi connectivity index (χ3n) is 6.01. The van der Waals surface area contributed by atoms with E-state index < -0.39 is 11.8 Å². The molecule has 0 aliphatic carbocycles. The van der Waals surface area contributed by atoms with Gasteiger partial charge in [0.25, 0.3) is 0 Å². The van der Waals surface area contributed by atoms with Gasteiger partial charge in [0.05, 0.1) is 30.8 Å². The molecule has 3 aromatic rings. The van der Waals surface area contributed by atoms with Crippen molar-refractivity contribution in [1.82, 2.24) is 15.2 Å². The van der Waals surface area contributed by atoms with Crippen molar-refractivity contribution in [2.75, 3.05) is 20.3 Å². The van der Waals surface area contributed by atoms with Crippen LogP contribution in [0.25, 0.3) is 22.2 Å². The standard InChI is InChI=1S/C25H28N4O4/c1-32-13-12-29-22-15-19(9-10-23(22)33-25(29)31)18-7-5-17(6-8-18)14-20(16-26)28-24(30)21-4-2-3-11-27-21/h5-10,15,20-21,27H,2-4,11-14H2,1H3,(H,28,30)/t20-,21?/m0/s1. The number of hydrogen-bond acceptors (Lipinski definition) is 6. The molecule has 172 valence electrons. The van der Waals surface area contributed by atoms with E-state index in [1.54, 1.807) is 17.7 Å². The minimum Gasteiger partial charge on any atom is -0.408 e. The number of hydrogen-bond donors (Lipinski definition) is 2. The Morgan fingerprint density at radius 2 is 2.06 bits per heavy atom. The van der Waals surface area contributed by atoms with E-state index in [-0.39, 0.29) is 11.9 Å². The van der Waals surface area contributed by atoms with Gasteiger partial charge in [0.2, 0.25) is 5.91 Å². The van der Waals surface area contributed by atoms with Gasteiger partial charge in [0.1, 0.15) is 6.04 Å². The second kappa shape index (κ2) is 10.5. The van der Waals surface area contributed by atoms with Gasteiger partial charge in [-0.05, 0) is 48.2 Å². The Labute approximate surface area is 192 Å². The maximum Gasteiger partial charge on any atom is 0.420 e. The molecule has 2 N–H and O–H groups in total. The SMILES string of the molecule is COCCn1c(=O)oc2ccc(-c3ccc(C[C@@H](C#N)NC(=O)C4CCCCN4)cc3)cc21. The predicted molar refractivity (Wildman–Crippen MR) is 125 cm³/mol. The molecule has 0 bridgehead atoms. The van der Waals surface area contributed by atoms with Crippen LogP contribution in [0.5, 0.6) is 0 Å². The zero-order chi connectivity index (χ0) is 23.2. The molecule has 1 fully saturated rings. The molecule has 1 amide bonds. The van der Waals surface area contributed by atoms with Gasteiger partial charge >= 0.3 is 5.76 Å². The number of rotatable bonds is 8. The van der Waals surface area contributed by atoms with Crippen LogP contribution >= 0.6 is 0 Å². The molecule has 8 nitrogen and oxygen atoms in total. The summed E-state index contributed by atoms with van der Waals surface area (Å²) in [4.78, 5) is 24.6. The van der Waals surface area contributed by atoms with E-state index >= 15 is 0 Å². The van der Waals surface area contributed by atoms with Crippen LogP contribution in [0.2, 0.25) is 0 Å². The van der Waals surface area contributed by atoms with Gasteiger partial charge in [-0.3, -0.25) is 9.36 Å². The maximum atomic E-state index is 12.4. The number of amides is 1. The summed E-state index contributed by atoms with van der Waals surface area (Å²) in [6.07, 6.45) is 3.35. The van der Waals surface area contributed by atoms with Crippen molar-refractivity contribution in [3.05, 3.63) is 58.6 Å². The van der Waals surface area contributed by atoms with E-state index in [0.29, 0.717) is 25.2 Å². The monoisotopic (exact) mass is 448 g/mol. The molecule has 2 heterocycles. The molecule has 1 unspecified atom stereocenters.